The summed E-state index contributed by atoms with van der Waals surface area (Å²) in [5, 5.41) is 0. The smallest absolute Gasteiger partial charge is 0.231 e. The standard InChI is InChI=1S/C24H27NO7/c1-24(2)31-22-21-20(30-23(22)32-24)11-25(10-14-4-7-18-19(8-14)29-13-28-18)17-6-5-16(26-3)9-15(17)12-27-21/h4-9,20-23H,10-13H2,1-3H3/t20-,21+,22-,23-/m1/s1. The van der Waals surface area contributed by atoms with Gasteiger partial charge in [-0.25, -0.2) is 0 Å². The van der Waals surface area contributed by atoms with Crippen molar-refractivity contribution in [1.29, 1.82) is 0 Å². The minimum atomic E-state index is -0.681. The molecule has 0 radical (unpaired) electrons. The van der Waals surface area contributed by atoms with Gasteiger partial charge in [0.05, 0.1) is 13.7 Å². The second-order valence-corrected chi connectivity index (χ2v) is 8.98. The molecule has 6 rings (SSSR count). The second-order valence-electron chi connectivity index (χ2n) is 8.98. The summed E-state index contributed by atoms with van der Waals surface area (Å²) in [6, 6.07) is 12.2. The molecular weight excluding hydrogens is 414 g/mol. The Hall–Kier alpha value is -2.52. The number of benzene rings is 2. The summed E-state index contributed by atoms with van der Waals surface area (Å²) in [6.07, 6.45) is -1.08. The summed E-state index contributed by atoms with van der Waals surface area (Å²) in [6.45, 7) is 5.82. The fourth-order valence-corrected chi connectivity index (χ4v) is 4.92. The Labute approximate surface area is 186 Å². The monoisotopic (exact) mass is 441 g/mol. The maximum absolute atomic E-state index is 6.35. The van der Waals surface area contributed by atoms with Crippen LogP contribution < -0.4 is 19.1 Å². The van der Waals surface area contributed by atoms with E-state index < -0.39 is 12.1 Å². The topological polar surface area (TPSA) is 67.9 Å². The maximum atomic E-state index is 6.35. The quantitative estimate of drug-likeness (QED) is 0.720. The number of hydrogen-bond donors (Lipinski definition) is 0. The molecule has 0 spiro atoms. The van der Waals surface area contributed by atoms with Gasteiger partial charge in [0, 0.05) is 24.3 Å². The Morgan fingerprint density at radius 3 is 2.78 bits per heavy atom. The number of methoxy groups -OCH3 is 1. The molecule has 0 aromatic heterocycles. The van der Waals surface area contributed by atoms with Gasteiger partial charge in [0.1, 0.15) is 24.1 Å². The molecule has 0 unspecified atom stereocenters. The van der Waals surface area contributed by atoms with E-state index in [0.29, 0.717) is 19.7 Å². The van der Waals surface area contributed by atoms with Gasteiger partial charge in [0.2, 0.25) is 6.79 Å². The van der Waals surface area contributed by atoms with Gasteiger partial charge in [0.25, 0.3) is 0 Å². The first-order valence-corrected chi connectivity index (χ1v) is 10.9. The molecular formula is C24H27NO7. The van der Waals surface area contributed by atoms with Gasteiger partial charge in [0.15, 0.2) is 23.6 Å². The highest BCUT2D eigenvalue weighted by molar-refractivity contribution is 5.57. The predicted octanol–water partition coefficient (Wildman–Crippen LogP) is 3.21. The van der Waals surface area contributed by atoms with Gasteiger partial charge < -0.3 is 38.1 Å². The summed E-state index contributed by atoms with van der Waals surface area (Å²) >= 11 is 0. The maximum Gasteiger partial charge on any atom is 0.231 e. The van der Waals surface area contributed by atoms with Gasteiger partial charge in [-0.2, -0.15) is 0 Å². The van der Waals surface area contributed by atoms with Crippen molar-refractivity contribution in [3.8, 4) is 17.2 Å². The van der Waals surface area contributed by atoms with E-state index >= 15 is 0 Å². The molecule has 4 atom stereocenters. The van der Waals surface area contributed by atoms with Gasteiger partial charge in [-0.3, -0.25) is 0 Å². The highest BCUT2D eigenvalue weighted by Gasteiger charge is 2.56. The molecule has 0 amide bonds. The molecule has 4 heterocycles. The molecule has 2 fully saturated rings. The second kappa shape index (κ2) is 7.52. The first-order valence-electron chi connectivity index (χ1n) is 10.9. The van der Waals surface area contributed by atoms with Crippen LogP contribution in [-0.2, 0) is 32.1 Å². The molecule has 8 heteroatoms. The normalized spacial score (nSPS) is 29.7. The van der Waals surface area contributed by atoms with Crippen molar-refractivity contribution >= 4 is 5.69 Å². The number of nitrogens with zero attached hydrogens (tertiary/aromatic N) is 1. The first kappa shape index (κ1) is 20.1. The van der Waals surface area contributed by atoms with E-state index in [4.69, 9.17) is 33.2 Å². The average molecular weight is 441 g/mol. The Bertz CT molecular complexity index is 1030. The van der Waals surface area contributed by atoms with Crippen molar-refractivity contribution in [1.82, 2.24) is 0 Å². The molecule has 0 aliphatic carbocycles. The summed E-state index contributed by atoms with van der Waals surface area (Å²) < 4.78 is 41.2. The Morgan fingerprint density at radius 2 is 1.91 bits per heavy atom. The Kier molecular flexibility index (Phi) is 4.73. The van der Waals surface area contributed by atoms with Crippen LogP contribution in [0.3, 0.4) is 0 Å². The first-order chi connectivity index (χ1) is 15.5. The van der Waals surface area contributed by atoms with Gasteiger partial charge in [-0.15, -0.1) is 0 Å². The minimum Gasteiger partial charge on any atom is -0.497 e. The van der Waals surface area contributed by atoms with E-state index in [1.54, 1.807) is 7.11 Å². The summed E-state index contributed by atoms with van der Waals surface area (Å²) in [7, 11) is 1.67. The zero-order valence-electron chi connectivity index (χ0n) is 18.4. The third kappa shape index (κ3) is 3.47. The van der Waals surface area contributed by atoms with Crippen LogP contribution in [0.4, 0.5) is 5.69 Å². The summed E-state index contributed by atoms with van der Waals surface area (Å²) in [5.74, 6) is 1.68. The SMILES string of the molecule is COc1ccc2c(c1)CO[C@@H]1[C@H]3OC(C)(C)O[C@H]3O[C@@H]1CN2Cc1ccc2c(c1)OCO2. The van der Waals surface area contributed by atoms with E-state index in [1.165, 1.54) is 0 Å². The molecule has 170 valence electrons. The van der Waals surface area contributed by atoms with Crippen LogP contribution in [-0.4, -0.2) is 50.8 Å². The Balaban J connectivity index is 1.33. The number of ether oxygens (including phenoxy) is 7. The average Bonchev–Trinajstić information content (AvgIpc) is 3.42. The molecule has 0 bridgehead atoms. The van der Waals surface area contributed by atoms with Gasteiger partial charge >= 0.3 is 0 Å². The lowest BCUT2D eigenvalue weighted by molar-refractivity contribution is -0.218. The zero-order valence-corrected chi connectivity index (χ0v) is 18.4. The lowest BCUT2D eigenvalue weighted by Crippen LogP contribution is -2.44. The van der Waals surface area contributed by atoms with E-state index in [1.807, 2.05) is 38.1 Å². The van der Waals surface area contributed by atoms with Crippen LogP contribution in [0.25, 0.3) is 0 Å². The number of fused-ring (bicyclic) bond motifs is 5. The third-order valence-electron chi connectivity index (χ3n) is 6.36. The molecule has 2 saturated heterocycles. The van der Waals surface area contributed by atoms with Crippen molar-refractivity contribution in [3.63, 3.8) is 0 Å². The third-order valence-corrected chi connectivity index (χ3v) is 6.36. The lowest BCUT2D eigenvalue weighted by atomic mass is 10.0. The van der Waals surface area contributed by atoms with Crippen LogP contribution in [0.1, 0.15) is 25.0 Å². The fraction of sp³-hybridized carbons (Fsp3) is 0.500. The highest BCUT2D eigenvalue weighted by atomic mass is 16.8. The largest absolute Gasteiger partial charge is 0.497 e. The molecule has 4 aliphatic heterocycles. The fourth-order valence-electron chi connectivity index (χ4n) is 4.92. The van der Waals surface area contributed by atoms with E-state index in [0.717, 1.165) is 34.1 Å². The van der Waals surface area contributed by atoms with Crippen LogP contribution in [0, 0.1) is 0 Å². The van der Waals surface area contributed by atoms with Crippen molar-refractivity contribution in [3.05, 3.63) is 47.5 Å². The number of anilines is 1. The number of rotatable bonds is 3. The summed E-state index contributed by atoms with van der Waals surface area (Å²) in [5.41, 5.74) is 3.27. The van der Waals surface area contributed by atoms with E-state index in [-0.39, 0.29) is 25.1 Å². The van der Waals surface area contributed by atoms with E-state index in [2.05, 4.69) is 17.0 Å². The predicted molar refractivity (Wildman–Crippen MR) is 114 cm³/mol. The number of hydrogen-bond acceptors (Lipinski definition) is 8. The zero-order chi connectivity index (χ0) is 21.9. The van der Waals surface area contributed by atoms with Gasteiger partial charge in [-0.1, -0.05) is 6.07 Å². The van der Waals surface area contributed by atoms with Gasteiger partial charge in [-0.05, 0) is 49.7 Å². The molecule has 0 N–H and O–H groups in total. The Morgan fingerprint density at radius 1 is 1.03 bits per heavy atom. The van der Waals surface area contributed by atoms with Crippen molar-refractivity contribution < 1.29 is 33.2 Å². The van der Waals surface area contributed by atoms with Crippen LogP contribution in [0.15, 0.2) is 36.4 Å². The van der Waals surface area contributed by atoms with Crippen LogP contribution >= 0.6 is 0 Å². The van der Waals surface area contributed by atoms with Crippen molar-refractivity contribution in [2.45, 2.75) is 57.4 Å². The highest BCUT2D eigenvalue weighted by Crippen LogP contribution is 2.42. The van der Waals surface area contributed by atoms with Crippen molar-refractivity contribution in [2.24, 2.45) is 0 Å². The summed E-state index contributed by atoms with van der Waals surface area (Å²) in [4.78, 5) is 2.32. The minimum absolute atomic E-state index is 0.176. The lowest BCUT2D eigenvalue weighted by Gasteiger charge is -2.35. The van der Waals surface area contributed by atoms with E-state index in [9.17, 15) is 0 Å². The molecule has 2 aromatic carbocycles. The van der Waals surface area contributed by atoms with Crippen LogP contribution in [0.5, 0.6) is 17.2 Å². The molecule has 0 saturated carbocycles. The molecule has 32 heavy (non-hydrogen) atoms. The van der Waals surface area contributed by atoms with Crippen molar-refractivity contribution in [2.75, 3.05) is 25.3 Å². The van der Waals surface area contributed by atoms with Crippen LogP contribution in [0.2, 0.25) is 0 Å². The molecule has 4 aliphatic rings. The molecule has 2 aromatic rings. The molecule has 8 nitrogen and oxygen atoms in total.